The Morgan fingerprint density at radius 1 is 0.867 bits per heavy atom. The second-order valence-corrected chi connectivity index (χ2v) is 7.55. The summed E-state index contributed by atoms with van der Waals surface area (Å²) in [6, 6.07) is 19.0. The van der Waals surface area contributed by atoms with E-state index in [1.165, 1.54) is 6.07 Å². The van der Waals surface area contributed by atoms with Crippen molar-refractivity contribution in [1.82, 2.24) is 0 Å². The Hall–Kier alpha value is -3.28. The van der Waals surface area contributed by atoms with Gasteiger partial charge in [-0.1, -0.05) is 41.4 Å². The summed E-state index contributed by atoms with van der Waals surface area (Å²) < 4.78 is 5.60. The number of hydrogen-bond donors (Lipinski definition) is 2. The number of hydrogen-bond acceptors (Lipinski definition) is 3. The summed E-state index contributed by atoms with van der Waals surface area (Å²) in [5.41, 5.74) is 2.88. The predicted molar refractivity (Wildman–Crippen MR) is 120 cm³/mol. The Morgan fingerprint density at radius 2 is 1.67 bits per heavy atom. The highest BCUT2D eigenvalue weighted by Gasteiger charge is 2.15. The minimum Gasteiger partial charge on any atom is -0.451 e. The second kappa shape index (κ2) is 8.22. The molecule has 150 valence electrons. The maximum absolute atomic E-state index is 12.6. The summed E-state index contributed by atoms with van der Waals surface area (Å²) in [6.45, 7) is 1.83. The number of rotatable bonds is 4. The maximum atomic E-state index is 12.6. The lowest BCUT2D eigenvalue weighted by Crippen LogP contribution is -2.14. The Labute approximate surface area is 182 Å². The summed E-state index contributed by atoms with van der Waals surface area (Å²) >= 11 is 12.0. The van der Waals surface area contributed by atoms with Crippen molar-refractivity contribution in [2.45, 2.75) is 6.92 Å². The van der Waals surface area contributed by atoms with Gasteiger partial charge in [0.15, 0.2) is 5.76 Å². The van der Waals surface area contributed by atoms with E-state index in [0.717, 1.165) is 10.9 Å². The smallest absolute Gasteiger partial charge is 0.291 e. The molecular weight excluding hydrogens is 423 g/mol. The van der Waals surface area contributed by atoms with E-state index in [4.69, 9.17) is 27.6 Å². The molecule has 3 aromatic carbocycles. The highest BCUT2D eigenvalue weighted by Crippen LogP contribution is 2.25. The van der Waals surface area contributed by atoms with Crippen molar-refractivity contribution in [1.29, 1.82) is 0 Å². The van der Waals surface area contributed by atoms with Crippen LogP contribution in [0, 0.1) is 6.92 Å². The van der Waals surface area contributed by atoms with Crippen molar-refractivity contribution in [2.75, 3.05) is 10.6 Å². The van der Waals surface area contributed by atoms with Gasteiger partial charge >= 0.3 is 0 Å². The molecule has 4 aromatic rings. The highest BCUT2D eigenvalue weighted by molar-refractivity contribution is 6.36. The molecule has 5 nitrogen and oxygen atoms in total. The van der Waals surface area contributed by atoms with Crippen LogP contribution in [0.25, 0.3) is 11.0 Å². The molecule has 0 aliphatic carbocycles. The molecule has 0 fully saturated rings. The number of anilines is 2. The normalized spacial score (nSPS) is 10.8. The molecule has 0 unspecified atom stereocenters. The molecule has 30 heavy (non-hydrogen) atoms. The van der Waals surface area contributed by atoms with E-state index in [1.54, 1.807) is 42.5 Å². The average Bonchev–Trinajstić information content (AvgIpc) is 3.16. The number of amides is 2. The van der Waals surface area contributed by atoms with Gasteiger partial charge < -0.3 is 15.1 Å². The van der Waals surface area contributed by atoms with Crippen LogP contribution in [0.4, 0.5) is 11.4 Å². The van der Waals surface area contributed by atoms with Crippen LogP contribution in [0.2, 0.25) is 10.0 Å². The van der Waals surface area contributed by atoms with Crippen LogP contribution in [0.1, 0.15) is 26.5 Å². The third kappa shape index (κ3) is 4.17. The van der Waals surface area contributed by atoms with Crippen LogP contribution >= 0.6 is 23.2 Å². The number of fused-ring (bicyclic) bond motifs is 1. The van der Waals surface area contributed by atoms with Gasteiger partial charge in [0.05, 0.1) is 10.6 Å². The van der Waals surface area contributed by atoms with E-state index in [9.17, 15) is 9.59 Å². The minimum atomic E-state index is -0.374. The molecule has 4 rings (SSSR count). The minimum absolute atomic E-state index is 0.226. The number of furan rings is 1. The zero-order valence-electron chi connectivity index (χ0n) is 15.8. The van der Waals surface area contributed by atoms with Crippen LogP contribution in [0.5, 0.6) is 0 Å². The Kier molecular flexibility index (Phi) is 5.48. The van der Waals surface area contributed by atoms with Gasteiger partial charge in [0.1, 0.15) is 5.58 Å². The number of halogens is 2. The maximum Gasteiger partial charge on any atom is 0.291 e. The van der Waals surface area contributed by atoms with Crippen LogP contribution in [0.15, 0.2) is 71.1 Å². The quantitative estimate of drug-likeness (QED) is 0.379. The predicted octanol–water partition coefficient (Wildman–Crippen LogP) is 6.55. The van der Waals surface area contributed by atoms with Gasteiger partial charge in [0.25, 0.3) is 11.8 Å². The molecular formula is C23H16Cl2N2O3. The van der Waals surface area contributed by atoms with Crippen molar-refractivity contribution in [3.63, 3.8) is 0 Å². The molecule has 7 heteroatoms. The Balaban J connectivity index is 1.49. The van der Waals surface area contributed by atoms with E-state index in [1.807, 2.05) is 25.1 Å². The number of nitrogens with one attached hydrogen (secondary N) is 2. The largest absolute Gasteiger partial charge is 0.451 e. The highest BCUT2D eigenvalue weighted by atomic mass is 35.5. The number of carbonyl (C=O) groups excluding carboxylic acids is 2. The molecule has 0 bridgehead atoms. The molecule has 1 heterocycles. The lowest BCUT2D eigenvalue weighted by atomic mass is 10.1. The fourth-order valence-electron chi connectivity index (χ4n) is 3.03. The number of benzene rings is 3. The zero-order chi connectivity index (χ0) is 21.3. The standard InChI is InChI=1S/C23H16Cl2N2O3/c1-13-10-16(26-22(28)17-12-15(24)6-8-18(17)25)7-9-19(13)27-23(29)21-11-14-4-2-3-5-20(14)30-21/h2-12H,1H3,(H,26,28)(H,27,29). The van der Waals surface area contributed by atoms with Gasteiger partial charge in [-0.2, -0.15) is 0 Å². The van der Waals surface area contributed by atoms with Gasteiger partial charge in [-0.25, -0.2) is 0 Å². The first-order valence-electron chi connectivity index (χ1n) is 9.08. The summed E-state index contributed by atoms with van der Waals surface area (Å²) in [7, 11) is 0. The third-order valence-corrected chi connectivity index (χ3v) is 5.12. The zero-order valence-corrected chi connectivity index (χ0v) is 17.3. The van der Waals surface area contributed by atoms with Gasteiger partial charge in [-0.05, 0) is 61.0 Å². The van der Waals surface area contributed by atoms with Crippen LogP contribution in [0.3, 0.4) is 0 Å². The van der Waals surface area contributed by atoms with E-state index in [2.05, 4.69) is 10.6 Å². The molecule has 0 atom stereocenters. The molecule has 0 saturated carbocycles. The van der Waals surface area contributed by atoms with Crippen LogP contribution in [-0.4, -0.2) is 11.8 Å². The summed E-state index contributed by atoms with van der Waals surface area (Å²) in [6.07, 6.45) is 0. The number of para-hydroxylation sites is 1. The SMILES string of the molecule is Cc1cc(NC(=O)c2cc(Cl)ccc2Cl)ccc1NC(=O)c1cc2ccccc2o1. The summed E-state index contributed by atoms with van der Waals surface area (Å²) in [4.78, 5) is 25.0. The van der Waals surface area contributed by atoms with E-state index < -0.39 is 0 Å². The van der Waals surface area contributed by atoms with E-state index in [-0.39, 0.29) is 23.1 Å². The first-order valence-corrected chi connectivity index (χ1v) is 9.83. The molecule has 0 spiro atoms. The van der Waals surface area contributed by atoms with Crippen LogP contribution < -0.4 is 10.6 Å². The van der Waals surface area contributed by atoms with Gasteiger partial charge in [-0.3, -0.25) is 9.59 Å². The van der Waals surface area contributed by atoms with Crippen molar-refractivity contribution < 1.29 is 14.0 Å². The lowest BCUT2D eigenvalue weighted by Gasteiger charge is -2.11. The van der Waals surface area contributed by atoms with E-state index in [0.29, 0.717) is 27.0 Å². The monoisotopic (exact) mass is 438 g/mol. The van der Waals surface area contributed by atoms with Crippen molar-refractivity contribution in [3.8, 4) is 0 Å². The number of aryl methyl sites for hydroxylation is 1. The molecule has 2 amide bonds. The van der Waals surface area contributed by atoms with Crippen molar-refractivity contribution >= 4 is 57.4 Å². The van der Waals surface area contributed by atoms with Crippen molar-refractivity contribution in [3.05, 3.63) is 93.7 Å². The Bertz CT molecular complexity index is 1250. The molecule has 0 aliphatic rings. The summed E-state index contributed by atoms with van der Waals surface area (Å²) in [5, 5.41) is 7.20. The van der Waals surface area contributed by atoms with Gasteiger partial charge in [0.2, 0.25) is 0 Å². The van der Waals surface area contributed by atoms with Crippen molar-refractivity contribution in [2.24, 2.45) is 0 Å². The first kappa shape index (κ1) is 20.0. The second-order valence-electron chi connectivity index (χ2n) is 6.71. The lowest BCUT2D eigenvalue weighted by molar-refractivity contribution is 0.0996. The molecule has 1 aromatic heterocycles. The average molecular weight is 439 g/mol. The molecule has 0 radical (unpaired) electrons. The van der Waals surface area contributed by atoms with E-state index >= 15 is 0 Å². The molecule has 0 saturated heterocycles. The first-order chi connectivity index (χ1) is 14.4. The number of carbonyl (C=O) groups is 2. The molecule has 0 aliphatic heterocycles. The third-order valence-electron chi connectivity index (χ3n) is 4.55. The van der Waals surface area contributed by atoms with Gasteiger partial charge in [-0.15, -0.1) is 0 Å². The van der Waals surface area contributed by atoms with Gasteiger partial charge in [0, 0.05) is 21.8 Å². The summed E-state index contributed by atoms with van der Waals surface area (Å²) in [5.74, 6) is -0.499. The Morgan fingerprint density at radius 3 is 2.43 bits per heavy atom. The fourth-order valence-corrected chi connectivity index (χ4v) is 3.40. The van der Waals surface area contributed by atoms with Crippen LogP contribution in [-0.2, 0) is 0 Å². The topological polar surface area (TPSA) is 71.3 Å². The fraction of sp³-hybridized carbons (Fsp3) is 0.0435. The molecule has 2 N–H and O–H groups in total.